The van der Waals surface area contributed by atoms with Crippen molar-refractivity contribution in [2.45, 2.75) is 24.9 Å². The molecule has 7 heteroatoms. The molecule has 1 atom stereocenters. The number of ether oxygens (including phenoxy) is 1. The van der Waals surface area contributed by atoms with Crippen molar-refractivity contribution < 1.29 is 18.7 Å². The normalized spacial score (nSPS) is 23.5. The Balaban J connectivity index is 1.49. The number of halogens is 1. The average molecular weight is 388 g/mol. The highest BCUT2D eigenvalue weighted by molar-refractivity contribution is 7.08. The summed E-state index contributed by atoms with van der Waals surface area (Å²) in [5, 5.41) is 3.78. The second-order valence-corrected chi connectivity index (χ2v) is 7.87. The fraction of sp³-hybridized carbons (Fsp3) is 0.400. The van der Waals surface area contributed by atoms with Crippen molar-refractivity contribution in [3.05, 3.63) is 52.5 Å². The number of benzene rings is 1. The zero-order valence-corrected chi connectivity index (χ0v) is 15.7. The molecule has 2 aliphatic heterocycles. The third-order valence-electron chi connectivity index (χ3n) is 5.34. The zero-order chi connectivity index (χ0) is 18.9. The Morgan fingerprint density at radius 1 is 1.15 bits per heavy atom. The summed E-state index contributed by atoms with van der Waals surface area (Å²) < 4.78 is 19.2. The molecule has 3 heterocycles. The highest BCUT2D eigenvalue weighted by Gasteiger charge is 2.42. The molecule has 0 bridgehead atoms. The van der Waals surface area contributed by atoms with Gasteiger partial charge in [0.05, 0.1) is 17.7 Å². The van der Waals surface area contributed by atoms with E-state index >= 15 is 0 Å². The number of likely N-dealkylation sites (tertiary alicyclic amines) is 1. The van der Waals surface area contributed by atoms with Crippen molar-refractivity contribution in [2.24, 2.45) is 0 Å². The minimum Gasteiger partial charge on any atom is -0.363 e. The Kier molecular flexibility index (Phi) is 4.97. The number of anilines is 1. The molecular formula is C20H21FN2O3S. The van der Waals surface area contributed by atoms with E-state index in [1.54, 1.807) is 17.0 Å². The first-order valence-corrected chi connectivity index (χ1v) is 10.0. The predicted octanol–water partition coefficient (Wildman–Crippen LogP) is 3.32. The molecule has 2 fully saturated rings. The second kappa shape index (κ2) is 7.40. The average Bonchev–Trinajstić information content (AvgIpc) is 3.14. The molecule has 2 aromatic rings. The maximum Gasteiger partial charge on any atom is 0.254 e. The van der Waals surface area contributed by atoms with Crippen molar-refractivity contribution >= 4 is 28.8 Å². The summed E-state index contributed by atoms with van der Waals surface area (Å²) >= 11 is 1.51. The lowest BCUT2D eigenvalue weighted by Crippen LogP contribution is -2.55. The van der Waals surface area contributed by atoms with Crippen molar-refractivity contribution in [1.29, 1.82) is 0 Å². The number of nitrogens with zero attached hydrogens (tertiary/aromatic N) is 2. The smallest absolute Gasteiger partial charge is 0.254 e. The molecule has 0 N–H and O–H groups in total. The van der Waals surface area contributed by atoms with Crippen LogP contribution in [0.3, 0.4) is 0 Å². The van der Waals surface area contributed by atoms with E-state index in [0.717, 1.165) is 18.4 Å². The summed E-state index contributed by atoms with van der Waals surface area (Å²) in [6, 6.07) is 7.81. The molecule has 1 spiro atoms. The van der Waals surface area contributed by atoms with Crippen LogP contribution in [0, 0.1) is 5.82 Å². The van der Waals surface area contributed by atoms with E-state index in [1.165, 1.54) is 23.5 Å². The van der Waals surface area contributed by atoms with E-state index in [1.807, 2.05) is 21.7 Å². The maximum absolute atomic E-state index is 13.2. The van der Waals surface area contributed by atoms with E-state index in [-0.39, 0.29) is 24.2 Å². The van der Waals surface area contributed by atoms with Gasteiger partial charge in [0.15, 0.2) is 0 Å². The number of thiophene rings is 1. The molecule has 27 heavy (non-hydrogen) atoms. The third kappa shape index (κ3) is 3.75. The fourth-order valence-corrected chi connectivity index (χ4v) is 4.44. The lowest BCUT2D eigenvalue weighted by Gasteiger charge is -2.42. The van der Waals surface area contributed by atoms with Crippen LogP contribution in [0.25, 0.3) is 0 Å². The molecule has 0 saturated carbocycles. The molecule has 2 aliphatic rings. The molecule has 5 nitrogen and oxygen atoms in total. The minimum atomic E-state index is -0.466. The van der Waals surface area contributed by atoms with Crippen LogP contribution < -0.4 is 4.90 Å². The number of rotatable bonds is 2. The van der Waals surface area contributed by atoms with E-state index in [4.69, 9.17) is 4.74 Å². The maximum atomic E-state index is 13.2. The van der Waals surface area contributed by atoms with Crippen LogP contribution in [0.2, 0.25) is 0 Å². The molecule has 1 aromatic heterocycles. The summed E-state index contributed by atoms with van der Waals surface area (Å²) in [5.41, 5.74) is 0.939. The van der Waals surface area contributed by atoms with Gasteiger partial charge in [0.25, 0.3) is 11.8 Å². The summed E-state index contributed by atoms with van der Waals surface area (Å²) in [6.07, 6.45) is 2.28. The van der Waals surface area contributed by atoms with E-state index in [9.17, 15) is 14.0 Å². The van der Waals surface area contributed by atoms with Crippen LogP contribution >= 0.6 is 11.3 Å². The Labute approximate surface area is 161 Å². The molecule has 0 radical (unpaired) electrons. The summed E-state index contributed by atoms with van der Waals surface area (Å²) in [4.78, 5) is 28.6. The van der Waals surface area contributed by atoms with Gasteiger partial charge in [-0.25, -0.2) is 4.39 Å². The number of hydrogen-bond donors (Lipinski definition) is 0. The van der Waals surface area contributed by atoms with Crippen molar-refractivity contribution in [1.82, 2.24) is 4.90 Å². The monoisotopic (exact) mass is 388 g/mol. The van der Waals surface area contributed by atoms with Crippen molar-refractivity contribution in [3.63, 3.8) is 0 Å². The van der Waals surface area contributed by atoms with Gasteiger partial charge in [-0.05, 0) is 55.0 Å². The molecule has 1 aromatic carbocycles. The fourth-order valence-electron chi connectivity index (χ4n) is 3.81. The Bertz CT molecular complexity index is 824. The Morgan fingerprint density at radius 3 is 2.70 bits per heavy atom. The van der Waals surface area contributed by atoms with Gasteiger partial charge < -0.3 is 14.5 Å². The molecule has 0 aliphatic carbocycles. The molecule has 142 valence electrons. The highest BCUT2D eigenvalue weighted by Crippen LogP contribution is 2.33. The lowest BCUT2D eigenvalue weighted by molar-refractivity contribution is -0.140. The number of morpholine rings is 1. The largest absolute Gasteiger partial charge is 0.363 e. The van der Waals surface area contributed by atoms with Crippen molar-refractivity contribution in [3.8, 4) is 0 Å². The third-order valence-corrected chi connectivity index (χ3v) is 6.02. The minimum absolute atomic E-state index is 0.00978. The van der Waals surface area contributed by atoms with Gasteiger partial charge in [0, 0.05) is 24.2 Å². The second-order valence-electron chi connectivity index (χ2n) is 7.09. The topological polar surface area (TPSA) is 49.9 Å². The van der Waals surface area contributed by atoms with Crippen LogP contribution in [0.15, 0.2) is 41.1 Å². The molecular weight excluding hydrogens is 367 g/mol. The first kappa shape index (κ1) is 18.1. The molecule has 1 unspecified atom stereocenters. The zero-order valence-electron chi connectivity index (χ0n) is 14.9. The van der Waals surface area contributed by atoms with Gasteiger partial charge in [-0.3, -0.25) is 9.59 Å². The lowest BCUT2D eigenvalue weighted by atomic mass is 9.92. The molecule has 2 amide bonds. The van der Waals surface area contributed by atoms with Gasteiger partial charge in [-0.1, -0.05) is 0 Å². The quantitative estimate of drug-likeness (QED) is 0.793. The van der Waals surface area contributed by atoms with Gasteiger partial charge in [0.2, 0.25) is 0 Å². The molecule has 4 rings (SSSR count). The first-order chi connectivity index (χ1) is 13.1. The first-order valence-electron chi connectivity index (χ1n) is 9.08. The van der Waals surface area contributed by atoms with Crippen LogP contribution in [0.5, 0.6) is 0 Å². The van der Waals surface area contributed by atoms with E-state index in [0.29, 0.717) is 31.7 Å². The molecule has 2 saturated heterocycles. The number of hydrogen-bond acceptors (Lipinski definition) is 4. The highest BCUT2D eigenvalue weighted by atomic mass is 32.1. The van der Waals surface area contributed by atoms with E-state index in [2.05, 4.69) is 0 Å². The van der Waals surface area contributed by atoms with Crippen LogP contribution in [-0.4, -0.2) is 48.6 Å². The SMILES string of the molecule is O=C(c1ccsc1)N1CCCC2(CC1)CN(c1ccc(F)cc1)C(=O)CO2. The van der Waals surface area contributed by atoms with E-state index < -0.39 is 5.60 Å². The van der Waals surface area contributed by atoms with Gasteiger partial charge in [-0.15, -0.1) is 0 Å². The number of amides is 2. The standard InChI is InChI=1S/C20H21FN2O3S/c21-16-2-4-17(5-3-16)23-14-20(26-12-18(23)24)7-1-9-22(10-8-20)19(25)15-6-11-27-13-15/h2-6,11,13H,1,7-10,12,14H2. The Hall–Kier alpha value is -2.25. The van der Waals surface area contributed by atoms with Crippen LogP contribution in [-0.2, 0) is 9.53 Å². The predicted molar refractivity (Wildman–Crippen MR) is 102 cm³/mol. The van der Waals surface area contributed by atoms with Gasteiger partial charge in [0.1, 0.15) is 12.4 Å². The van der Waals surface area contributed by atoms with Gasteiger partial charge >= 0.3 is 0 Å². The number of carbonyl (C=O) groups excluding carboxylic acids is 2. The van der Waals surface area contributed by atoms with Crippen LogP contribution in [0.1, 0.15) is 29.6 Å². The van der Waals surface area contributed by atoms with Crippen molar-refractivity contribution in [2.75, 3.05) is 31.1 Å². The summed E-state index contributed by atoms with van der Waals surface area (Å²) in [5.74, 6) is -0.399. The Morgan fingerprint density at radius 2 is 1.96 bits per heavy atom. The van der Waals surface area contributed by atoms with Gasteiger partial charge in [-0.2, -0.15) is 11.3 Å². The number of carbonyl (C=O) groups is 2. The summed E-state index contributed by atoms with van der Waals surface area (Å²) in [7, 11) is 0. The summed E-state index contributed by atoms with van der Waals surface area (Å²) in [6.45, 7) is 1.72. The van der Waals surface area contributed by atoms with Crippen LogP contribution in [0.4, 0.5) is 10.1 Å².